The first-order valence-electron chi connectivity index (χ1n) is 4.23. The predicted molar refractivity (Wildman–Crippen MR) is 53.2 cm³/mol. The Morgan fingerprint density at radius 1 is 1.47 bits per heavy atom. The highest BCUT2D eigenvalue weighted by atomic mass is 32.1. The second-order valence-electron chi connectivity index (χ2n) is 2.91. The summed E-state index contributed by atoms with van der Waals surface area (Å²) in [4.78, 5) is 14.5. The quantitative estimate of drug-likeness (QED) is 0.771. The molecule has 2 aromatic heterocycles. The molecule has 1 N–H and O–H groups in total. The minimum absolute atomic E-state index is 0.0369. The first-order valence-corrected chi connectivity index (χ1v) is 5.07. The Morgan fingerprint density at radius 3 is 2.73 bits per heavy atom. The fourth-order valence-corrected chi connectivity index (χ4v) is 1.61. The number of nitrogens with zero attached hydrogens (tertiary/aromatic N) is 3. The van der Waals surface area contributed by atoms with Gasteiger partial charge in [-0.15, -0.1) is 0 Å². The summed E-state index contributed by atoms with van der Waals surface area (Å²) < 4.78 is 5.66. The van der Waals surface area contributed by atoms with Crippen molar-refractivity contribution >= 4 is 17.5 Å². The van der Waals surface area contributed by atoms with Crippen LogP contribution in [0.2, 0.25) is 0 Å². The van der Waals surface area contributed by atoms with Gasteiger partial charge < -0.3 is 5.11 Å². The highest BCUT2D eigenvalue weighted by Gasteiger charge is 2.08. The fourth-order valence-electron chi connectivity index (χ4n) is 1.17. The number of pyridine rings is 1. The smallest absolute Gasteiger partial charge is 0.370 e. The van der Waals surface area contributed by atoms with E-state index in [0.29, 0.717) is 5.82 Å². The van der Waals surface area contributed by atoms with E-state index in [4.69, 9.17) is 5.11 Å². The van der Waals surface area contributed by atoms with Crippen LogP contribution in [0.4, 0.5) is 0 Å². The van der Waals surface area contributed by atoms with Crippen LogP contribution in [0.3, 0.4) is 0 Å². The minimum atomic E-state index is -0.862. The van der Waals surface area contributed by atoms with E-state index in [0.717, 1.165) is 5.56 Å². The summed E-state index contributed by atoms with van der Waals surface area (Å²) in [5.74, 6) is -0.193. The van der Waals surface area contributed by atoms with Gasteiger partial charge >= 0.3 is 5.97 Å². The number of carbonyl (C=O) groups is 1. The number of aliphatic carboxylic acids is 1. The van der Waals surface area contributed by atoms with E-state index in [-0.39, 0.29) is 6.54 Å². The van der Waals surface area contributed by atoms with Crippen molar-refractivity contribution in [3.8, 4) is 11.4 Å². The maximum Gasteiger partial charge on any atom is 0.370 e. The van der Waals surface area contributed by atoms with Crippen molar-refractivity contribution in [1.29, 1.82) is 0 Å². The molecule has 15 heavy (non-hydrogen) atoms. The van der Waals surface area contributed by atoms with Crippen molar-refractivity contribution in [2.24, 2.45) is 0 Å². The molecule has 0 fully saturated rings. The summed E-state index contributed by atoms with van der Waals surface area (Å²) in [6.45, 7) is -0.0369. The Kier molecular flexibility index (Phi) is 2.68. The van der Waals surface area contributed by atoms with Gasteiger partial charge in [-0.25, -0.2) is 9.78 Å². The lowest BCUT2D eigenvalue weighted by Gasteiger charge is -1.94. The van der Waals surface area contributed by atoms with Gasteiger partial charge in [0.15, 0.2) is 18.2 Å². The van der Waals surface area contributed by atoms with Crippen molar-refractivity contribution in [3.05, 3.63) is 30.0 Å². The molecular weight excluding hydrogens is 214 g/mol. The third-order valence-electron chi connectivity index (χ3n) is 1.83. The Hall–Kier alpha value is -1.82. The summed E-state index contributed by atoms with van der Waals surface area (Å²) in [5, 5.41) is 8.58. The highest BCUT2D eigenvalue weighted by molar-refractivity contribution is 7.03. The third kappa shape index (κ3) is 2.35. The predicted octanol–water partition coefficient (Wildman–Crippen LogP) is 0.577. The van der Waals surface area contributed by atoms with E-state index < -0.39 is 5.97 Å². The molecule has 0 bridgehead atoms. The summed E-state index contributed by atoms with van der Waals surface area (Å²) in [6.07, 6.45) is 3.40. The largest absolute Gasteiger partial charge is 0.477 e. The van der Waals surface area contributed by atoms with Gasteiger partial charge in [0.05, 0.1) is 0 Å². The lowest BCUT2D eigenvalue weighted by atomic mass is 10.2. The Bertz CT molecular complexity index is 453. The van der Waals surface area contributed by atoms with Crippen LogP contribution in [0.5, 0.6) is 0 Å². The van der Waals surface area contributed by atoms with Crippen LogP contribution in [0.1, 0.15) is 0 Å². The average molecular weight is 222 g/mol. The second kappa shape index (κ2) is 4.14. The monoisotopic (exact) mass is 222 g/mol. The third-order valence-corrected chi connectivity index (χ3v) is 2.31. The molecule has 0 saturated heterocycles. The number of carboxylic acid groups (broad SMARTS) is 1. The van der Waals surface area contributed by atoms with Crippen molar-refractivity contribution < 1.29 is 14.5 Å². The normalized spacial score (nSPS) is 10.1. The maximum atomic E-state index is 10.4. The number of rotatable bonds is 3. The topological polar surface area (TPSA) is 67.0 Å². The molecule has 0 atom stereocenters. The molecule has 0 unspecified atom stereocenters. The Morgan fingerprint density at radius 2 is 2.20 bits per heavy atom. The maximum absolute atomic E-state index is 10.4. The van der Waals surface area contributed by atoms with Crippen molar-refractivity contribution in [2.75, 3.05) is 0 Å². The number of carboxylic acids is 1. The van der Waals surface area contributed by atoms with Crippen LogP contribution in [0.15, 0.2) is 30.0 Å². The van der Waals surface area contributed by atoms with Gasteiger partial charge in [-0.3, -0.25) is 0 Å². The lowest BCUT2D eigenvalue weighted by Crippen LogP contribution is -2.36. The molecule has 2 heterocycles. The van der Waals surface area contributed by atoms with E-state index >= 15 is 0 Å². The SMILES string of the molecule is O=C(O)C[n+]1ccc(-c2ncsn2)cc1. The molecule has 6 heteroatoms. The Balaban J connectivity index is 2.21. The van der Waals surface area contributed by atoms with Gasteiger partial charge in [0.1, 0.15) is 5.51 Å². The zero-order valence-electron chi connectivity index (χ0n) is 7.70. The van der Waals surface area contributed by atoms with Gasteiger partial charge in [0.25, 0.3) is 0 Å². The molecule has 0 radical (unpaired) electrons. The molecule has 76 valence electrons. The number of hydrogen-bond donors (Lipinski definition) is 1. The summed E-state index contributed by atoms with van der Waals surface area (Å²) in [6, 6.07) is 3.59. The molecule has 0 aromatic carbocycles. The first kappa shape index (κ1) is 9.72. The van der Waals surface area contributed by atoms with Crippen LogP contribution >= 0.6 is 11.5 Å². The summed E-state index contributed by atoms with van der Waals surface area (Å²) in [7, 11) is 0. The molecule has 0 aliphatic rings. The molecule has 2 rings (SSSR count). The van der Waals surface area contributed by atoms with Crippen LogP contribution in [0.25, 0.3) is 11.4 Å². The van der Waals surface area contributed by atoms with Gasteiger partial charge in [-0.05, 0) is 11.5 Å². The van der Waals surface area contributed by atoms with Crippen LogP contribution in [0, 0.1) is 0 Å². The van der Waals surface area contributed by atoms with Gasteiger partial charge in [-0.1, -0.05) is 0 Å². The van der Waals surface area contributed by atoms with Crippen molar-refractivity contribution in [3.63, 3.8) is 0 Å². The highest BCUT2D eigenvalue weighted by Crippen LogP contribution is 2.12. The fraction of sp³-hybridized carbons (Fsp3) is 0.111. The summed E-state index contributed by atoms with van der Waals surface area (Å²) in [5.41, 5.74) is 2.55. The van der Waals surface area contributed by atoms with E-state index in [9.17, 15) is 4.79 Å². The first-order chi connectivity index (χ1) is 7.25. The summed E-state index contributed by atoms with van der Waals surface area (Å²) >= 11 is 1.29. The van der Waals surface area contributed by atoms with Crippen LogP contribution in [-0.4, -0.2) is 20.4 Å². The molecule has 0 aliphatic heterocycles. The van der Waals surface area contributed by atoms with Gasteiger partial charge in [-0.2, -0.15) is 8.94 Å². The zero-order valence-corrected chi connectivity index (χ0v) is 8.52. The van der Waals surface area contributed by atoms with Gasteiger partial charge in [0.2, 0.25) is 6.54 Å². The van der Waals surface area contributed by atoms with Crippen LogP contribution < -0.4 is 4.57 Å². The molecule has 0 saturated carbocycles. The minimum Gasteiger partial charge on any atom is -0.477 e. The molecule has 0 spiro atoms. The van der Waals surface area contributed by atoms with Crippen molar-refractivity contribution in [1.82, 2.24) is 9.36 Å². The molecule has 0 amide bonds. The Labute approximate surface area is 89.8 Å². The van der Waals surface area contributed by atoms with E-state index in [1.165, 1.54) is 11.5 Å². The molecular formula is C9H8N3O2S+. The standard InChI is InChI=1S/C9H7N3O2S/c13-8(14)5-12-3-1-7(2-4-12)9-10-6-15-11-9/h1-4,6H,5H2/p+1. The van der Waals surface area contributed by atoms with Crippen LogP contribution in [-0.2, 0) is 11.3 Å². The number of hydrogen-bond acceptors (Lipinski definition) is 4. The average Bonchev–Trinajstić information content (AvgIpc) is 2.71. The van der Waals surface area contributed by atoms with E-state index in [1.54, 1.807) is 34.6 Å². The molecule has 2 aromatic rings. The number of aromatic nitrogens is 3. The zero-order chi connectivity index (χ0) is 10.7. The second-order valence-corrected chi connectivity index (χ2v) is 3.51. The van der Waals surface area contributed by atoms with E-state index in [1.807, 2.05) is 0 Å². The molecule has 5 nitrogen and oxygen atoms in total. The van der Waals surface area contributed by atoms with Crippen molar-refractivity contribution in [2.45, 2.75) is 6.54 Å². The molecule has 0 aliphatic carbocycles. The lowest BCUT2D eigenvalue weighted by molar-refractivity contribution is -0.685. The van der Waals surface area contributed by atoms with Gasteiger partial charge in [0, 0.05) is 17.7 Å². The van der Waals surface area contributed by atoms with E-state index in [2.05, 4.69) is 9.36 Å².